The Kier molecular flexibility index (Phi) is 3.94. The maximum atomic E-state index is 5.36. The number of nitrogens with zero attached hydrogens (tertiary/aromatic N) is 3. The van der Waals surface area contributed by atoms with Crippen molar-refractivity contribution in [2.45, 2.75) is 13.0 Å². The van der Waals surface area contributed by atoms with Crippen molar-refractivity contribution in [1.29, 1.82) is 0 Å². The Morgan fingerprint density at radius 2 is 2.28 bits per heavy atom. The van der Waals surface area contributed by atoms with Crippen LogP contribution in [0.3, 0.4) is 0 Å². The van der Waals surface area contributed by atoms with Gasteiger partial charge in [0.2, 0.25) is 0 Å². The number of hydrogen-bond donors (Lipinski definition) is 1. The van der Waals surface area contributed by atoms with Crippen molar-refractivity contribution < 1.29 is 4.74 Å². The summed E-state index contributed by atoms with van der Waals surface area (Å²) in [5.74, 6) is 0.772. The highest BCUT2D eigenvalue weighted by Crippen LogP contribution is 2.27. The predicted molar refractivity (Wildman–Crippen MR) is 69.5 cm³/mol. The fraction of sp³-hybridized carbons (Fsp3) is 0.385. The van der Waals surface area contributed by atoms with Crippen LogP contribution in [0, 0.1) is 0 Å². The van der Waals surface area contributed by atoms with E-state index in [9.17, 15) is 0 Å². The first-order valence-electron chi connectivity index (χ1n) is 5.97. The van der Waals surface area contributed by atoms with E-state index in [2.05, 4.69) is 22.3 Å². The third kappa shape index (κ3) is 2.51. The molecule has 18 heavy (non-hydrogen) atoms. The fourth-order valence-corrected chi connectivity index (χ4v) is 1.96. The van der Waals surface area contributed by atoms with E-state index in [4.69, 9.17) is 4.74 Å². The average molecular weight is 246 g/mol. The first-order valence-corrected chi connectivity index (χ1v) is 5.97. The van der Waals surface area contributed by atoms with Gasteiger partial charge in [-0.15, -0.1) is 0 Å². The molecule has 1 N–H and O–H groups in total. The van der Waals surface area contributed by atoms with Crippen LogP contribution in [-0.2, 0) is 7.05 Å². The Labute approximate surface area is 107 Å². The van der Waals surface area contributed by atoms with Crippen molar-refractivity contribution in [2.24, 2.45) is 7.05 Å². The zero-order valence-electron chi connectivity index (χ0n) is 10.9. The van der Waals surface area contributed by atoms with Crippen LogP contribution >= 0.6 is 0 Å². The molecule has 0 saturated carbocycles. The minimum atomic E-state index is 0.0224. The lowest BCUT2D eigenvalue weighted by molar-refractivity contribution is 0.401. The van der Waals surface area contributed by atoms with Crippen molar-refractivity contribution in [3.63, 3.8) is 0 Å². The lowest BCUT2D eigenvalue weighted by Crippen LogP contribution is -2.23. The van der Waals surface area contributed by atoms with Crippen LogP contribution in [0.15, 0.2) is 30.7 Å². The number of aryl methyl sites for hydroxylation is 1. The Bertz CT molecular complexity index is 509. The molecule has 0 fully saturated rings. The highest BCUT2D eigenvalue weighted by molar-refractivity contribution is 5.37. The lowest BCUT2D eigenvalue weighted by Gasteiger charge is -2.18. The standard InChI is InChI=1S/C13H18N4O/c1-4-15-13(11-6-8-17(2)16-11)10-5-7-14-9-12(10)18-3/h5-9,13,15H,4H2,1-3H3. The molecule has 5 heteroatoms. The first-order chi connectivity index (χ1) is 8.76. The van der Waals surface area contributed by atoms with Gasteiger partial charge in [-0.3, -0.25) is 9.67 Å². The number of nitrogens with one attached hydrogen (secondary N) is 1. The third-order valence-corrected chi connectivity index (χ3v) is 2.79. The largest absolute Gasteiger partial charge is 0.495 e. The van der Waals surface area contributed by atoms with Crippen LogP contribution in [0.1, 0.15) is 24.2 Å². The Balaban J connectivity index is 2.41. The molecule has 0 saturated heterocycles. The second kappa shape index (κ2) is 5.64. The molecule has 0 radical (unpaired) electrons. The summed E-state index contributed by atoms with van der Waals surface area (Å²) < 4.78 is 7.16. The highest BCUT2D eigenvalue weighted by Gasteiger charge is 2.19. The molecule has 2 aromatic rings. The summed E-state index contributed by atoms with van der Waals surface area (Å²) in [4.78, 5) is 4.08. The summed E-state index contributed by atoms with van der Waals surface area (Å²) >= 11 is 0. The van der Waals surface area contributed by atoms with Gasteiger partial charge in [-0.2, -0.15) is 5.10 Å². The summed E-state index contributed by atoms with van der Waals surface area (Å²) in [6.45, 7) is 2.93. The van der Waals surface area contributed by atoms with E-state index in [-0.39, 0.29) is 6.04 Å². The maximum Gasteiger partial charge on any atom is 0.142 e. The molecule has 0 bridgehead atoms. The van der Waals surface area contributed by atoms with Crippen molar-refractivity contribution in [1.82, 2.24) is 20.1 Å². The zero-order valence-corrected chi connectivity index (χ0v) is 10.9. The second-order valence-electron chi connectivity index (χ2n) is 4.02. The maximum absolute atomic E-state index is 5.36. The summed E-state index contributed by atoms with van der Waals surface area (Å²) in [7, 11) is 3.57. The molecule has 2 rings (SSSR count). The number of hydrogen-bond acceptors (Lipinski definition) is 4. The van der Waals surface area contributed by atoms with Gasteiger partial charge in [-0.25, -0.2) is 0 Å². The van der Waals surface area contributed by atoms with E-state index < -0.39 is 0 Å². The van der Waals surface area contributed by atoms with E-state index >= 15 is 0 Å². The van der Waals surface area contributed by atoms with Crippen LogP contribution in [0.25, 0.3) is 0 Å². The molecule has 1 atom stereocenters. The van der Waals surface area contributed by atoms with Crippen molar-refractivity contribution >= 4 is 0 Å². The zero-order chi connectivity index (χ0) is 13.0. The molecule has 96 valence electrons. The Morgan fingerprint density at radius 1 is 1.44 bits per heavy atom. The van der Waals surface area contributed by atoms with E-state index in [0.29, 0.717) is 0 Å². The van der Waals surface area contributed by atoms with Gasteiger partial charge in [-0.05, 0) is 18.7 Å². The molecule has 1 unspecified atom stereocenters. The molecular weight excluding hydrogens is 228 g/mol. The van der Waals surface area contributed by atoms with E-state index in [1.807, 2.05) is 25.4 Å². The van der Waals surface area contributed by atoms with E-state index in [1.54, 1.807) is 24.2 Å². The van der Waals surface area contributed by atoms with Gasteiger partial charge < -0.3 is 10.1 Å². The molecule has 2 aromatic heterocycles. The van der Waals surface area contributed by atoms with Gasteiger partial charge in [0.1, 0.15) is 5.75 Å². The minimum absolute atomic E-state index is 0.0224. The van der Waals surface area contributed by atoms with Crippen LogP contribution < -0.4 is 10.1 Å². The van der Waals surface area contributed by atoms with Crippen LogP contribution in [-0.4, -0.2) is 28.4 Å². The van der Waals surface area contributed by atoms with Gasteiger partial charge in [0.05, 0.1) is 25.0 Å². The topological polar surface area (TPSA) is 52.0 Å². The SMILES string of the molecule is CCNC(c1ccn(C)n1)c1ccncc1OC. The number of rotatable bonds is 5. The highest BCUT2D eigenvalue weighted by atomic mass is 16.5. The quantitative estimate of drug-likeness (QED) is 0.869. The summed E-state index contributed by atoms with van der Waals surface area (Å²) in [6, 6.07) is 3.99. The molecule has 0 aliphatic rings. The average Bonchev–Trinajstić information content (AvgIpc) is 2.82. The molecule has 2 heterocycles. The monoisotopic (exact) mass is 246 g/mol. The number of methoxy groups -OCH3 is 1. The van der Waals surface area contributed by atoms with Crippen molar-refractivity contribution in [2.75, 3.05) is 13.7 Å². The Hall–Kier alpha value is -1.88. The van der Waals surface area contributed by atoms with Gasteiger partial charge in [0, 0.05) is 25.0 Å². The third-order valence-electron chi connectivity index (χ3n) is 2.79. The minimum Gasteiger partial charge on any atom is -0.495 e. The molecule has 0 spiro atoms. The van der Waals surface area contributed by atoms with Crippen molar-refractivity contribution in [3.8, 4) is 5.75 Å². The molecule has 0 aromatic carbocycles. The van der Waals surface area contributed by atoms with Crippen LogP contribution in [0.2, 0.25) is 0 Å². The van der Waals surface area contributed by atoms with Gasteiger partial charge >= 0.3 is 0 Å². The summed E-state index contributed by atoms with van der Waals surface area (Å²) in [6.07, 6.45) is 5.43. The molecule has 5 nitrogen and oxygen atoms in total. The summed E-state index contributed by atoms with van der Waals surface area (Å²) in [5.41, 5.74) is 2.02. The van der Waals surface area contributed by atoms with Crippen LogP contribution in [0.5, 0.6) is 5.75 Å². The van der Waals surface area contributed by atoms with Crippen molar-refractivity contribution in [3.05, 3.63) is 42.0 Å². The molecular formula is C13H18N4O. The molecule has 0 aliphatic carbocycles. The number of ether oxygens (including phenoxy) is 1. The predicted octanol–water partition coefficient (Wildman–Crippen LogP) is 1.52. The number of pyridine rings is 1. The number of aromatic nitrogens is 3. The van der Waals surface area contributed by atoms with Crippen LogP contribution in [0.4, 0.5) is 0 Å². The lowest BCUT2D eigenvalue weighted by atomic mass is 10.0. The first kappa shape index (κ1) is 12.6. The Morgan fingerprint density at radius 3 is 2.89 bits per heavy atom. The normalized spacial score (nSPS) is 12.4. The van der Waals surface area contributed by atoms with E-state index in [0.717, 1.165) is 23.6 Å². The molecule has 0 aliphatic heterocycles. The van der Waals surface area contributed by atoms with Gasteiger partial charge in [0.25, 0.3) is 0 Å². The second-order valence-corrected chi connectivity index (χ2v) is 4.02. The molecule has 0 amide bonds. The smallest absolute Gasteiger partial charge is 0.142 e. The van der Waals surface area contributed by atoms with Gasteiger partial charge in [-0.1, -0.05) is 6.92 Å². The fourth-order valence-electron chi connectivity index (χ4n) is 1.96. The van der Waals surface area contributed by atoms with Gasteiger partial charge in [0.15, 0.2) is 0 Å². The summed E-state index contributed by atoms with van der Waals surface area (Å²) in [5, 5.41) is 7.88. The van der Waals surface area contributed by atoms with E-state index in [1.165, 1.54) is 0 Å².